The molecule has 17 heavy (non-hydrogen) atoms. The summed E-state index contributed by atoms with van der Waals surface area (Å²) in [7, 11) is 1.54. The quantitative estimate of drug-likeness (QED) is 0.766. The van der Waals surface area contributed by atoms with Crippen molar-refractivity contribution in [3.05, 3.63) is 11.4 Å². The summed E-state index contributed by atoms with van der Waals surface area (Å²) < 4.78 is 31.8. The highest BCUT2D eigenvalue weighted by atomic mass is 19.3. The Kier molecular flexibility index (Phi) is 4.97. The van der Waals surface area contributed by atoms with E-state index in [-0.39, 0.29) is 23.9 Å². The molecule has 0 aromatic carbocycles. The monoisotopic (exact) mass is 244 g/mol. The maximum atomic E-state index is 12.9. The zero-order valence-electron chi connectivity index (χ0n) is 9.73. The van der Waals surface area contributed by atoms with Crippen LogP contribution in [0.5, 0.6) is 0 Å². The van der Waals surface area contributed by atoms with Crippen LogP contribution in [0.2, 0.25) is 0 Å². The van der Waals surface area contributed by atoms with E-state index in [2.05, 4.69) is 10.3 Å². The van der Waals surface area contributed by atoms with Gasteiger partial charge < -0.3 is 4.74 Å². The van der Waals surface area contributed by atoms with Crippen molar-refractivity contribution in [3.8, 4) is 6.07 Å². The van der Waals surface area contributed by atoms with Gasteiger partial charge in [0.2, 0.25) is 0 Å². The Bertz CT molecular complexity index is 400. The molecule has 1 heterocycles. The Labute approximate surface area is 98.0 Å². The van der Waals surface area contributed by atoms with Gasteiger partial charge in [-0.2, -0.15) is 5.26 Å². The number of ether oxygens (including phenoxy) is 1. The number of methoxy groups -OCH3 is 1. The molecule has 94 valence electrons. The number of rotatable bonds is 6. The van der Waals surface area contributed by atoms with Crippen LogP contribution in [0.15, 0.2) is 0 Å². The van der Waals surface area contributed by atoms with Crippen molar-refractivity contribution >= 4 is 0 Å². The fraction of sp³-hybridized carbons (Fsp3) is 0.700. The molecule has 0 aliphatic carbocycles. The van der Waals surface area contributed by atoms with E-state index in [4.69, 9.17) is 10.00 Å². The zero-order chi connectivity index (χ0) is 12.8. The second-order valence-electron chi connectivity index (χ2n) is 3.63. The lowest BCUT2D eigenvalue weighted by molar-refractivity contribution is 0.130. The van der Waals surface area contributed by atoms with Gasteiger partial charge in [0.25, 0.3) is 6.43 Å². The lowest BCUT2D eigenvalue weighted by Gasteiger charge is -2.14. The first-order chi connectivity index (χ1) is 8.11. The highest BCUT2D eigenvalue weighted by Crippen LogP contribution is 2.25. The van der Waals surface area contributed by atoms with Crippen LogP contribution in [0.4, 0.5) is 8.78 Å². The van der Waals surface area contributed by atoms with E-state index in [0.29, 0.717) is 13.0 Å². The van der Waals surface area contributed by atoms with Crippen LogP contribution >= 0.6 is 0 Å². The van der Waals surface area contributed by atoms with Gasteiger partial charge in [-0.05, 0) is 13.3 Å². The number of nitriles is 1. The highest BCUT2D eigenvalue weighted by Gasteiger charge is 2.24. The zero-order valence-corrected chi connectivity index (χ0v) is 9.73. The molecular formula is C10H14F2N4O. The Morgan fingerprint density at radius 2 is 2.24 bits per heavy atom. The first kappa shape index (κ1) is 13.5. The molecule has 1 unspecified atom stereocenters. The van der Waals surface area contributed by atoms with Crippen LogP contribution in [-0.4, -0.2) is 28.7 Å². The minimum Gasteiger partial charge on any atom is -0.385 e. The smallest absolute Gasteiger partial charge is 0.281 e. The maximum Gasteiger partial charge on any atom is 0.281 e. The molecule has 0 radical (unpaired) electrons. The highest BCUT2D eigenvalue weighted by molar-refractivity contribution is 5.16. The normalized spacial score (nSPS) is 12.7. The fourth-order valence-corrected chi connectivity index (χ4v) is 1.50. The first-order valence-electron chi connectivity index (χ1n) is 5.19. The van der Waals surface area contributed by atoms with Gasteiger partial charge in [0.1, 0.15) is 11.4 Å². The molecule has 0 aliphatic rings. The van der Waals surface area contributed by atoms with Crippen molar-refractivity contribution in [2.45, 2.75) is 32.2 Å². The molecule has 0 saturated carbocycles. The summed E-state index contributed by atoms with van der Waals surface area (Å²) in [6.45, 7) is 2.22. The number of aromatic nitrogens is 3. The van der Waals surface area contributed by atoms with Crippen LogP contribution in [0.3, 0.4) is 0 Å². The summed E-state index contributed by atoms with van der Waals surface area (Å²) >= 11 is 0. The Morgan fingerprint density at radius 3 is 2.76 bits per heavy atom. The summed E-state index contributed by atoms with van der Waals surface area (Å²) in [4.78, 5) is 0. The van der Waals surface area contributed by atoms with Crippen LogP contribution in [0, 0.1) is 11.3 Å². The van der Waals surface area contributed by atoms with Gasteiger partial charge in [0.05, 0.1) is 18.5 Å². The number of nitrogens with zero attached hydrogens (tertiary/aromatic N) is 4. The number of alkyl halides is 2. The summed E-state index contributed by atoms with van der Waals surface area (Å²) in [5.41, 5.74) is -0.220. The van der Waals surface area contributed by atoms with Gasteiger partial charge in [0.15, 0.2) is 0 Å². The minimum atomic E-state index is -2.68. The van der Waals surface area contributed by atoms with Crippen LogP contribution in [-0.2, 0) is 11.2 Å². The van der Waals surface area contributed by atoms with Crippen molar-refractivity contribution in [1.29, 1.82) is 5.26 Å². The number of hydrogen-bond acceptors (Lipinski definition) is 4. The molecule has 0 spiro atoms. The van der Waals surface area contributed by atoms with Gasteiger partial charge in [-0.1, -0.05) is 5.21 Å². The topological polar surface area (TPSA) is 63.7 Å². The molecule has 0 saturated heterocycles. The summed E-state index contributed by atoms with van der Waals surface area (Å²) in [5.74, 6) is 0. The molecule has 0 aliphatic heterocycles. The predicted octanol–water partition coefficient (Wildman–Crippen LogP) is 1.88. The van der Waals surface area contributed by atoms with Crippen LogP contribution in [0.25, 0.3) is 0 Å². The van der Waals surface area contributed by atoms with Gasteiger partial charge in [0, 0.05) is 13.7 Å². The summed E-state index contributed by atoms with van der Waals surface area (Å²) in [5, 5.41) is 15.8. The molecule has 0 amide bonds. The molecule has 1 atom stereocenters. The van der Waals surface area contributed by atoms with Gasteiger partial charge in [-0.15, -0.1) is 5.10 Å². The average Bonchev–Trinajstić information content (AvgIpc) is 2.70. The molecule has 1 aromatic rings. The van der Waals surface area contributed by atoms with Crippen LogP contribution in [0.1, 0.15) is 37.2 Å². The van der Waals surface area contributed by atoms with Crippen molar-refractivity contribution in [2.24, 2.45) is 0 Å². The standard InChI is InChI=1S/C10H14F2N4O/c1-7(4-6-17-2)16-9(10(11)12)8(3-5-13)14-15-16/h7,10H,3-4,6H2,1-2H3. The molecule has 0 N–H and O–H groups in total. The van der Waals surface area contributed by atoms with Gasteiger partial charge in [-0.3, -0.25) is 0 Å². The third kappa shape index (κ3) is 3.20. The van der Waals surface area contributed by atoms with Gasteiger partial charge in [-0.25, -0.2) is 13.5 Å². The lowest BCUT2D eigenvalue weighted by atomic mass is 10.2. The molecule has 0 bridgehead atoms. The van der Waals surface area contributed by atoms with E-state index < -0.39 is 6.43 Å². The van der Waals surface area contributed by atoms with E-state index >= 15 is 0 Å². The lowest BCUT2D eigenvalue weighted by Crippen LogP contribution is -2.13. The van der Waals surface area contributed by atoms with E-state index in [1.54, 1.807) is 20.1 Å². The van der Waals surface area contributed by atoms with Gasteiger partial charge >= 0.3 is 0 Å². The summed E-state index contributed by atoms with van der Waals surface area (Å²) in [6, 6.07) is 1.56. The predicted molar refractivity (Wildman–Crippen MR) is 55.5 cm³/mol. The average molecular weight is 244 g/mol. The van der Waals surface area contributed by atoms with Crippen molar-refractivity contribution < 1.29 is 13.5 Å². The van der Waals surface area contributed by atoms with E-state index in [1.807, 2.05) is 0 Å². The maximum absolute atomic E-state index is 12.9. The first-order valence-corrected chi connectivity index (χ1v) is 5.19. The third-order valence-electron chi connectivity index (χ3n) is 2.41. The van der Waals surface area contributed by atoms with Crippen molar-refractivity contribution in [2.75, 3.05) is 13.7 Å². The van der Waals surface area contributed by atoms with Crippen molar-refractivity contribution in [3.63, 3.8) is 0 Å². The minimum absolute atomic E-state index is 0.0479. The Hall–Kier alpha value is -1.55. The molecule has 1 rings (SSSR count). The van der Waals surface area contributed by atoms with E-state index in [0.717, 1.165) is 0 Å². The van der Waals surface area contributed by atoms with Crippen molar-refractivity contribution in [1.82, 2.24) is 15.0 Å². The van der Waals surface area contributed by atoms with Crippen LogP contribution < -0.4 is 0 Å². The molecule has 0 fully saturated rings. The van der Waals surface area contributed by atoms with E-state index in [1.165, 1.54) is 4.68 Å². The Balaban J connectivity index is 2.95. The molecule has 7 heteroatoms. The third-order valence-corrected chi connectivity index (χ3v) is 2.41. The van der Waals surface area contributed by atoms with E-state index in [9.17, 15) is 8.78 Å². The number of hydrogen-bond donors (Lipinski definition) is 0. The molecule has 1 aromatic heterocycles. The second-order valence-corrected chi connectivity index (χ2v) is 3.63. The fourth-order valence-electron chi connectivity index (χ4n) is 1.50. The largest absolute Gasteiger partial charge is 0.385 e. The number of halogens is 2. The Morgan fingerprint density at radius 1 is 1.53 bits per heavy atom. The summed E-state index contributed by atoms with van der Waals surface area (Å²) in [6.07, 6.45) is -2.28. The second kappa shape index (κ2) is 6.25. The molecular weight excluding hydrogens is 230 g/mol. The SMILES string of the molecule is COCCC(C)n1nnc(CC#N)c1C(F)F. The molecule has 5 nitrogen and oxygen atoms in total.